The monoisotopic (exact) mass is 587 g/mol. The fraction of sp³-hybridized carbons (Fsp3) is 0.385. The van der Waals surface area contributed by atoms with Crippen molar-refractivity contribution in [1.82, 2.24) is 20.4 Å². The summed E-state index contributed by atoms with van der Waals surface area (Å²) in [7, 11) is 0. The zero-order chi connectivity index (χ0) is 28.3. The number of aromatic nitrogens is 3. The van der Waals surface area contributed by atoms with Crippen molar-refractivity contribution in [3.8, 4) is 22.7 Å². The van der Waals surface area contributed by atoms with E-state index in [0.29, 0.717) is 21.7 Å². The highest BCUT2D eigenvalue weighted by Crippen LogP contribution is 2.33. The van der Waals surface area contributed by atoms with E-state index in [0.717, 1.165) is 11.1 Å². The third-order valence-corrected chi connectivity index (χ3v) is 5.00. The quantitative estimate of drug-likeness (QED) is 0.388. The summed E-state index contributed by atoms with van der Waals surface area (Å²) in [5.74, 6) is -0.110. The predicted octanol–water partition coefficient (Wildman–Crippen LogP) is 5.87. The van der Waals surface area contributed by atoms with Crippen molar-refractivity contribution in [1.29, 1.82) is 0 Å². The van der Waals surface area contributed by atoms with Crippen LogP contribution in [-0.4, -0.2) is 44.4 Å². The second kappa shape index (κ2) is 11.3. The number of amides is 3. The van der Waals surface area contributed by atoms with E-state index in [9.17, 15) is 14.4 Å². The SMILES string of the molecule is CC(=O)NCc1ccc(-c2cc(-c3nc(Br)cnc3N(C(=O)OC(C)(C)C)C(=O)OC(C)(C)C)on2)cc1. The number of ether oxygens (including phenoxy) is 2. The number of nitrogens with zero attached hydrogens (tertiary/aromatic N) is 4. The first-order valence-corrected chi connectivity index (χ1v) is 12.5. The molecule has 2 aromatic heterocycles. The minimum atomic E-state index is -0.987. The summed E-state index contributed by atoms with van der Waals surface area (Å²) in [6.45, 7) is 11.9. The van der Waals surface area contributed by atoms with Gasteiger partial charge in [0.2, 0.25) is 5.91 Å². The van der Waals surface area contributed by atoms with E-state index in [4.69, 9.17) is 14.0 Å². The number of nitrogens with one attached hydrogen (secondary N) is 1. The van der Waals surface area contributed by atoms with Crippen LogP contribution in [0.15, 0.2) is 45.7 Å². The van der Waals surface area contributed by atoms with Gasteiger partial charge in [-0.05, 0) is 63.0 Å². The molecular weight excluding hydrogens is 558 g/mol. The van der Waals surface area contributed by atoms with Gasteiger partial charge in [-0.3, -0.25) is 4.79 Å². The van der Waals surface area contributed by atoms with E-state index in [2.05, 4.69) is 36.4 Å². The van der Waals surface area contributed by atoms with Crippen molar-refractivity contribution in [2.24, 2.45) is 0 Å². The molecule has 38 heavy (non-hydrogen) atoms. The summed E-state index contributed by atoms with van der Waals surface area (Å²) in [5.41, 5.74) is 0.417. The Morgan fingerprint density at radius 2 is 1.58 bits per heavy atom. The largest absolute Gasteiger partial charge is 0.443 e. The summed E-state index contributed by atoms with van der Waals surface area (Å²) in [6.07, 6.45) is -0.635. The molecule has 1 aromatic carbocycles. The molecule has 1 N–H and O–H groups in total. The first kappa shape index (κ1) is 28.8. The third kappa shape index (κ3) is 7.85. The molecule has 3 amide bonds. The molecule has 0 unspecified atom stereocenters. The van der Waals surface area contributed by atoms with Crippen LogP contribution in [0.1, 0.15) is 54.0 Å². The fourth-order valence-corrected chi connectivity index (χ4v) is 3.38. The molecule has 0 fully saturated rings. The standard InChI is InChI=1S/C26H30BrN5O6/c1-15(33)28-13-16-8-10-17(11-9-16)18-12-19(38-31-18)21-22(29-14-20(27)30-21)32(23(34)36-25(2,3)4)24(35)37-26(5,6)7/h8-12,14H,13H2,1-7H3,(H,28,33). The van der Waals surface area contributed by atoms with E-state index < -0.39 is 23.4 Å². The number of carbonyl (C=O) groups excluding carboxylic acids is 3. The number of imide groups is 1. The summed E-state index contributed by atoms with van der Waals surface area (Å²) in [4.78, 5) is 46.8. The minimum Gasteiger partial charge on any atom is -0.443 e. The highest BCUT2D eigenvalue weighted by molar-refractivity contribution is 9.10. The summed E-state index contributed by atoms with van der Waals surface area (Å²) >= 11 is 3.28. The maximum atomic E-state index is 13.2. The topological polar surface area (TPSA) is 137 Å². The molecular formula is C26H30BrN5O6. The molecule has 2 heterocycles. The minimum absolute atomic E-state index is 0.0668. The van der Waals surface area contributed by atoms with Crippen molar-refractivity contribution in [2.45, 2.75) is 66.2 Å². The fourth-order valence-electron chi connectivity index (χ4n) is 3.10. The lowest BCUT2D eigenvalue weighted by molar-refractivity contribution is -0.119. The van der Waals surface area contributed by atoms with E-state index in [1.165, 1.54) is 13.1 Å². The van der Waals surface area contributed by atoms with Gasteiger partial charge in [-0.15, -0.1) is 0 Å². The van der Waals surface area contributed by atoms with Gasteiger partial charge in [0.25, 0.3) is 0 Å². The Morgan fingerprint density at radius 1 is 1.00 bits per heavy atom. The van der Waals surface area contributed by atoms with Gasteiger partial charge in [-0.1, -0.05) is 29.4 Å². The van der Waals surface area contributed by atoms with Crippen LogP contribution in [0, 0.1) is 0 Å². The summed E-state index contributed by atoms with van der Waals surface area (Å²) in [6, 6.07) is 9.00. The van der Waals surface area contributed by atoms with Gasteiger partial charge in [0.1, 0.15) is 21.5 Å². The van der Waals surface area contributed by atoms with Crippen LogP contribution in [0.3, 0.4) is 0 Å². The average Bonchev–Trinajstić information content (AvgIpc) is 3.27. The Bertz CT molecular complexity index is 1300. The molecule has 0 aliphatic heterocycles. The second-order valence-corrected chi connectivity index (χ2v) is 11.2. The van der Waals surface area contributed by atoms with Crippen LogP contribution in [0.2, 0.25) is 0 Å². The van der Waals surface area contributed by atoms with Crippen molar-refractivity contribution in [3.05, 3.63) is 46.7 Å². The Kier molecular flexibility index (Phi) is 8.55. The number of anilines is 1. The van der Waals surface area contributed by atoms with Crippen LogP contribution in [0.4, 0.5) is 15.4 Å². The van der Waals surface area contributed by atoms with Crippen LogP contribution in [0.5, 0.6) is 0 Å². The van der Waals surface area contributed by atoms with E-state index in [1.807, 2.05) is 24.3 Å². The maximum absolute atomic E-state index is 13.2. The Morgan fingerprint density at radius 3 is 2.11 bits per heavy atom. The average molecular weight is 588 g/mol. The molecule has 3 aromatic rings. The Hall–Kier alpha value is -3.80. The molecule has 0 spiro atoms. The lowest BCUT2D eigenvalue weighted by atomic mass is 10.1. The van der Waals surface area contributed by atoms with Gasteiger partial charge in [0, 0.05) is 25.1 Å². The first-order chi connectivity index (χ1) is 17.6. The summed E-state index contributed by atoms with van der Waals surface area (Å²) < 4.78 is 16.8. The molecule has 0 saturated carbocycles. The molecule has 0 atom stereocenters. The molecule has 0 aliphatic rings. The lowest BCUT2D eigenvalue weighted by Gasteiger charge is -2.28. The third-order valence-electron chi connectivity index (χ3n) is 4.62. The number of carbonyl (C=O) groups is 3. The van der Waals surface area contributed by atoms with Crippen molar-refractivity contribution in [3.63, 3.8) is 0 Å². The normalized spacial score (nSPS) is 11.6. The van der Waals surface area contributed by atoms with Gasteiger partial charge in [0.15, 0.2) is 17.3 Å². The highest BCUT2D eigenvalue weighted by atomic mass is 79.9. The highest BCUT2D eigenvalue weighted by Gasteiger charge is 2.36. The molecule has 3 rings (SSSR count). The number of hydrogen-bond donors (Lipinski definition) is 1. The summed E-state index contributed by atoms with van der Waals surface area (Å²) in [5, 5.41) is 6.87. The van der Waals surface area contributed by atoms with Crippen molar-refractivity contribution < 1.29 is 28.4 Å². The van der Waals surface area contributed by atoms with Crippen molar-refractivity contribution in [2.75, 3.05) is 4.90 Å². The number of rotatable bonds is 5. The van der Waals surface area contributed by atoms with Gasteiger partial charge < -0.3 is 19.3 Å². The molecule has 202 valence electrons. The predicted molar refractivity (Wildman–Crippen MR) is 143 cm³/mol. The number of halogens is 1. The van der Waals surface area contributed by atoms with Crippen LogP contribution in [-0.2, 0) is 20.8 Å². The molecule has 11 nitrogen and oxygen atoms in total. The van der Waals surface area contributed by atoms with E-state index in [1.54, 1.807) is 47.6 Å². The van der Waals surface area contributed by atoms with Crippen LogP contribution < -0.4 is 10.2 Å². The van der Waals surface area contributed by atoms with Crippen LogP contribution >= 0.6 is 15.9 Å². The molecule has 0 bridgehead atoms. The Labute approximate surface area is 229 Å². The zero-order valence-electron chi connectivity index (χ0n) is 22.3. The van der Waals surface area contributed by atoms with Crippen LogP contribution in [0.25, 0.3) is 22.7 Å². The molecule has 0 radical (unpaired) electrons. The van der Waals surface area contributed by atoms with E-state index >= 15 is 0 Å². The van der Waals surface area contributed by atoms with Gasteiger partial charge in [-0.2, -0.15) is 4.90 Å². The lowest BCUT2D eigenvalue weighted by Crippen LogP contribution is -2.44. The zero-order valence-corrected chi connectivity index (χ0v) is 23.9. The number of benzene rings is 1. The van der Waals surface area contributed by atoms with Gasteiger partial charge in [-0.25, -0.2) is 19.6 Å². The molecule has 0 aliphatic carbocycles. The van der Waals surface area contributed by atoms with Gasteiger partial charge in [0.05, 0.1) is 6.20 Å². The van der Waals surface area contributed by atoms with Crippen molar-refractivity contribution >= 4 is 39.8 Å². The smallest absolute Gasteiger partial charge is 0.425 e. The second-order valence-electron chi connectivity index (χ2n) is 10.3. The number of hydrogen-bond acceptors (Lipinski definition) is 9. The van der Waals surface area contributed by atoms with Gasteiger partial charge >= 0.3 is 12.2 Å². The van der Waals surface area contributed by atoms with E-state index in [-0.39, 0.29) is 23.2 Å². The Balaban J connectivity index is 2.02. The first-order valence-electron chi connectivity index (χ1n) is 11.7. The molecule has 12 heteroatoms. The molecule has 0 saturated heterocycles. The maximum Gasteiger partial charge on any atom is 0.425 e.